The quantitative estimate of drug-likeness (QED) is 0.620. The monoisotopic (exact) mass is 247 g/mol. The smallest absolute Gasteiger partial charge is 0.261 e. The molecular weight excluding hydrogens is 234 g/mol. The van der Waals surface area contributed by atoms with Crippen LogP contribution < -0.4 is 10.1 Å². The molecule has 0 atom stereocenters. The molecule has 0 aromatic carbocycles. The third kappa shape index (κ3) is 4.10. The van der Waals surface area contributed by atoms with Crippen LogP contribution in [0.4, 0.5) is 0 Å². The van der Waals surface area contributed by atoms with Gasteiger partial charge in [0.2, 0.25) is 0 Å². The second-order valence-electron chi connectivity index (χ2n) is 3.00. The third-order valence-electron chi connectivity index (χ3n) is 1.88. The van der Waals surface area contributed by atoms with Gasteiger partial charge in [-0.15, -0.1) is 22.9 Å². The summed E-state index contributed by atoms with van der Waals surface area (Å²) in [6, 6.07) is 1.74. The van der Waals surface area contributed by atoms with Crippen LogP contribution in [0.2, 0.25) is 0 Å². The van der Waals surface area contributed by atoms with E-state index in [0.29, 0.717) is 17.3 Å². The second-order valence-corrected chi connectivity index (χ2v) is 4.29. The minimum atomic E-state index is -0.0436. The summed E-state index contributed by atoms with van der Waals surface area (Å²) in [6.45, 7) is 0.672. The Morgan fingerprint density at radius 1 is 1.60 bits per heavy atom. The van der Waals surface area contributed by atoms with E-state index in [0.717, 1.165) is 18.6 Å². The van der Waals surface area contributed by atoms with Gasteiger partial charge in [-0.05, 0) is 12.8 Å². The molecule has 1 amide bonds. The molecule has 0 bridgehead atoms. The number of amides is 1. The molecule has 0 aliphatic heterocycles. The number of carbonyl (C=O) groups is 1. The van der Waals surface area contributed by atoms with Gasteiger partial charge in [0.05, 0.1) is 12.0 Å². The summed E-state index contributed by atoms with van der Waals surface area (Å²) >= 11 is 6.91. The summed E-state index contributed by atoms with van der Waals surface area (Å²) in [6.07, 6.45) is 1.84. The van der Waals surface area contributed by atoms with E-state index < -0.39 is 0 Å². The van der Waals surface area contributed by atoms with Gasteiger partial charge >= 0.3 is 0 Å². The molecule has 1 N–H and O–H groups in total. The molecular formula is C10H14ClNO2S. The van der Waals surface area contributed by atoms with E-state index in [1.165, 1.54) is 11.3 Å². The van der Waals surface area contributed by atoms with Crippen LogP contribution in [0.25, 0.3) is 0 Å². The maximum absolute atomic E-state index is 11.5. The van der Waals surface area contributed by atoms with E-state index in [4.69, 9.17) is 16.3 Å². The molecule has 15 heavy (non-hydrogen) atoms. The van der Waals surface area contributed by atoms with Crippen molar-refractivity contribution >= 4 is 28.8 Å². The topological polar surface area (TPSA) is 38.3 Å². The van der Waals surface area contributed by atoms with E-state index in [-0.39, 0.29) is 5.91 Å². The summed E-state index contributed by atoms with van der Waals surface area (Å²) in [5.41, 5.74) is 0. The van der Waals surface area contributed by atoms with Gasteiger partial charge < -0.3 is 10.1 Å². The van der Waals surface area contributed by atoms with Crippen LogP contribution in [-0.2, 0) is 0 Å². The van der Waals surface area contributed by atoms with Crippen LogP contribution in [0.3, 0.4) is 0 Å². The summed E-state index contributed by atoms with van der Waals surface area (Å²) in [4.78, 5) is 12.2. The molecule has 84 valence electrons. The zero-order chi connectivity index (χ0) is 11.1. The lowest BCUT2D eigenvalue weighted by atomic mass is 10.3. The third-order valence-corrected chi connectivity index (χ3v) is 3.06. The van der Waals surface area contributed by atoms with Crippen LogP contribution in [0, 0.1) is 0 Å². The van der Waals surface area contributed by atoms with E-state index in [1.54, 1.807) is 13.2 Å². The molecule has 5 heteroatoms. The predicted molar refractivity (Wildman–Crippen MR) is 63.2 cm³/mol. The molecule has 1 aromatic rings. The van der Waals surface area contributed by atoms with Gasteiger partial charge in [-0.1, -0.05) is 0 Å². The first-order valence-corrected chi connectivity index (χ1v) is 6.16. The number of carbonyl (C=O) groups excluding carboxylic acids is 1. The molecule has 0 aliphatic rings. The number of hydrogen-bond acceptors (Lipinski definition) is 3. The van der Waals surface area contributed by atoms with E-state index in [2.05, 4.69) is 5.32 Å². The molecule has 3 nitrogen and oxygen atoms in total. The van der Waals surface area contributed by atoms with Crippen molar-refractivity contribution in [3.05, 3.63) is 16.3 Å². The Hall–Kier alpha value is -0.740. The van der Waals surface area contributed by atoms with Crippen molar-refractivity contribution in [3.8, 4) is 5.75 Å². The van der Waals surface area contributed by atoms with Gasteiger partial charge in [0.25, 0.3) is 5.91 Å². The van der Waals surface area contributed by atoms with Crippen LogP contribution in [0.15, 0.2) is 11.4 Å². The van der Waals surface area contributed by atoms with Crippen molar-refractivity contribution in [2.75, 3.05) is 19.5 Å². The summed E-state index contributed by atoms with van der Waals surface area (Å²) in [5, 5.41) is 4.64. The minimum Gasteiger partial charge on any atom is -0.496 e. The number of hydrogen-bond donors (Lipinski definition) is 1. The van der Waals surface area contributed by atoms with Gasteiger partial charge in [-0.25, -0.2) is 0 Å². The lowest BCUT2D eigenvalue weighted by molar-refractivity contribution is 0.0957. The zero-order valence-corrected chi connectivity index (χ0v) is 10.2. The fourth-order valence-corrected chi connectivity index (χ4v) is 2.01. The zero-order valence-electron chi connectivity index (χ0n) is 8.59. The number of unbranched alkanes of at least 4 members (excludes halogenated alkanes) is 1. The number of halogens is 1. The van der Waals surface area contributed by atoms with Crippen molar-refractivity contribution in [2.45, 2.75) is 12.8 Å². The highest BCUT2D eigenvalue weighted by atomic mass is 35.5. The first-order valence-electron chi connectivity index (χ1n) is 4.74. The molecule has 0 saturated heterocycles. The molecule has 0 radical (unpaired) electrons. The molecule has 1 heterocycles. The number of nitrogens with one attached hydrogen (secondary N) is 1. The lowest BCUT2D eigenvalue weighted by Crippen LogP contribution is -2.23. The first kappa shape index (κ1) is 12.3. The fraction of sp³-hybridized carbons (Fsp3) is 0.500. The molecule has 0 spiro atoms. The number of alkyl halides is 1. The van der Waals surface area contributed by atoms with Gasteiger partial charge in [-0.2, -0.15) is 0 Å². The Morgan fingerprint density at radius 3 is 3.00 bits per heavy atom. The SMILES string of the molecule is COc1csc(C(=O)NCCCCCl)c1. The molecule has 0 fully saturated rings. The van der Waals surface area contributed by atoms with Crippen molar-refractivity contribution < 1.29 is 9.53 Å². The van der Waals surface area contributed by atoms with Crippen LogP contribution in [0.1, 0.15) is 22.5 Å². The molecule has 1 rings (SSSR count). The highest BCUT2D eigenvalue weighted by Crippen LogP contribution is 2.20. The Morgan fingerprint density at radius 2 is 2.40 bits per heavy atom. The number of rotatable bonds is 6. The minimum absolute atomic E-state index is 0.0436. The molecule has 0 unspecified atom stereocenters. The average Bonchev–Trinajstić information content (AvgIpc) is 2.72. The summed E-state index contributed by atoms with van der Waals surface area (Å²) in [7, 11) is 1.59. The van der Waals surface area contributed by atoms with Gasteiger partial charge in [0, 0.05) is 23.9 Å². The lowest BCUT2D eigenvalue weighted by Gasteiger charge is -2.01. The number of methoxy groups -OCH3 is 1. The van der Waals surface area contributed by atoms with Gasteiger partial charge in [-0.3, -0.25) is 4.79 Å². The standard InChI is InChI=1S/C10H14ClNO2S/c1-14-8-6-9(15-7-8)10(13)12-5-3-2-4-11/h6-7H,2-5H2,1H3,(H,12,13). The van der Waals surface area contributed by atoms with E-state index in [9.17, 15) is 4.79 Å². The Labute approximate surface area is 98.4 Å². The van der Waals surface area contributed by atoms with Crippen molar-refractivity contribution in [1.29, 1.82) is 0 Å². The normalized spacial score (nSPS) is 10.0. The Kier molecular flexibility index (Phi) is 5.50. The summed E-state index contributed by atoms with van der Waals surface area (Å²) in [5.74, 6) is 1.33. The average molecular weight is 248 g/mol. The number of ether oxygens (including phenoxy) is 1. The van der Waals surface area contributed by atoms with Crippen LogP contribution >= 0.6 is 22.9 Å². The van der Waals surface area contributed by atoms with Crippen LogP contribution in [0.5, 0.6) is 5.75 Å². The maximum Gasteiger partial charge on any atom is 0.261 e. The van der Waals surface area contributed by atoms with Crippen molar-refractivity contribution in [1.82, 2.24) is 5.32 Å². The van der Waals surface area contributed by atoms with Gasteiger partial charge in [0.15, 0.2) is 0 Å². The van der Waals surface area contributed by atoms with E-state index in [1.807, 2.05) is 5.38 Å². The van der Waals surface area contributed by atoms with E-state index >= 15 is 0 Å². The second kappa shape index (κ2) is 6.69. The predicted octanol–water partition coefficient (Wildman–Crippen LogP) is 2.51. The highest BCUT2D eigenvalue weighted by molar-refractivity contribution is 7.12. The maximum atomic E-state index is 11.5. The first-order chi connectivity index (χ1) is 7.27. The Balaban J connectivity index is 2.33. The molecule has 0 saturated carbocycles. The molecule has 1 aromatic heterocycles. The van der Waals surface area contributed by atoms with Crippen molar-refractivity contribution in [2.24, 2.45) is 0 Å². The fourth-order valence-electron chi connectivity index (χ4n) is 1.05. The number of thiophene rings is 1. The Bertz CT molecular complexity index is 314. The molecule has 0 aliphatic carbocycles. The van der Waals surface area contributed by atoms with Crippen LogP contribution in [-0.4, -0.2) is 25.4 Å². The van der Waals surface area contributed by atoms with Gasteiger partial charge in [0.1, 0.15) is 5.75 Å². The summed E-state index contributed by atoms with van der Waals surface area (Å²) < 4.78 is 5.00. The largest absolute Gasteiger partial charge is 0.496 e. The van der Waals surface area contributed by atoms with Crippen molar-refractivity contribution in [3.63, 3.8) is 0 Å². The highest BCUT2D eigenvalue weighted by Gasteiger charge is 2.08.